The van der Waals surface area contributed by atoms with Crippen LogP contribution < -0.4 is 0 Å². The van der Waals surface area contributed by atoms with Gasteiger partial charge in [0.25, 0.3) is 0 Å². The third-order valence-electron chi connectivity index (χ3n) is 4.41. The fourth-order valence-electron chi connectivity index (χ4n) is 1.92. The van der Waals surface area contributed by atoms with Crippen LogP contribution in [0.15, 0.2) is 12.2 Å². The number of aliphatic hydroxyl groups excluding tert-OH is 1. The fraction of sp³-hybridized carbons (Fsp3) is 0.833. The van der Waals surface area contributed by atoms with E-state index in [9.17, 15) is 9.90 Å². The summed E-state index contributed by atoms with van der Waals surface area (Å²) in [5.41, 5.74) is 0. The molecule has 0 spiro atoms. The summed E-state index contributed by atoms with van der Waals surface area (Å²) in [6.07, 6.45) is 7.64. The third-order valence-corrected chi connectivity index (χ3v) is 8.89. The van der Waals surface area contributed by atoms with Crippen molar-refractivity contribution in [3.63, 3.8) is 0 Å². The topological polar surface area (TPSA) is 46.5 Å². The van der Waals surface area contributed by atoms with Gasteiger partial charge in [-0.25, -0.2) is 0 Å². The van der Waals surface area contributed by atoms with Crippen molar-refractivity contribution in [2.24, 2.45) is 0 Å². The van der Waals surface area contributed by atoms with E-state index in [1.807, 2.05) is 6.08 Å². The lowest BCUT2D eigenvalue weighted by molar-refractivity contribution is -0.119. The van der Waals surface area contributed by atoms with Crippen LogP contribution in [0.25, 0.3) is 0 Å². The molecule has 0 saturated heterocycles. The monoisotopic (exact) mass is 328 g/mol. The first-order valence-electron chi connectivity index (χ1n) is 8.53. The first kappa shape index (κ1) is 21.5. The summed E-state index contributed by atoms with van der Waals surface area (Å²) in [7, 11) is -1.98. The lowest BCUT2D eigenvalue weighted by Gasteiger charge is -2.39. The number of ketones is 1. The Balaban J connectivity index is 4.89. The molecule has 0 unspecified atom stereocenters. The predicted molar refractivity (Wildman–Crippen MR) is 96.7 cm³/mol. The van der Waals surface area contributed by atoms with E-state index in [0.29, 0.717) is 0 Å². The number of unbranched alkanes of at least 4 members (excludes halogenated alkanes) is 3. The second kappa shape index (κ2) is 9.63. The van der Waals surface area contributed by atoms with E-state index < -0.39 is 14.4 Å². The number of hydrogen-bond acceptors (Lipinski definition) is 3. The van der Waals surface area contributed by atoms with E-state index in [4.69, 9.17) is 4.43 Å². The van der Waals surface area contributed by atoms with Crippen LogP contribution in [0, 0.1) is 0 Å². The minimum absolute atomic E-state index is 0.00397. The molecule has 0 aliphatic rings. The Bertz CT molecular complexity index is 356. The Labute approximate surface area is 138 Å². The zero-order valence-electron chi connectivity index (χ0n) is 15.6. The van der Waals surface area contributed by atoms with Crippen LogP contribution in [0.3, 0.4) is 0 Å². The number of carbonyl (C=O) groups excluding carboxylic acids is 1. The van der Waals surface area contributed by atoms with Gasteiger partial charge < -0.3 is 9.53 Å². The molecule has 1 N–H and O–H groups in total. The quantitative estimate of drug-likeness (QED) is 0.354. The SMILES string of the molecule is CCCCC/C=C/[C@H](O[Si](C)(C)C(C)(C)C)[C@H](O)CC(C)=O. The van der Waals surface area contributed by atoms with Crippen molar-refractivity contribution in [3.8, 4) is 0 Å². The van der Waals surface area contributed by atoms with Crippen LogP contribution in [0.5, 0.6) is 0 Å². The van der Waals surface area contributed by atoms with E-state index in [1.54, 1.807) is 0 Å². The Morgan fingerprint density at radius 1 is 1.27 bits per heavy atom. The molecule has 0 amide bonds. The highest BCUT2D eigenvalue weighted by Crippen LogP contribution is 2.38. The summed E-state index contributed by atoms with van der Waals surface area (Å²) in [5.74, 6) is -0.00397. The van der Waals surface area contributed by atoms with E-state index >= 15 is 0 Å². The zero-order valence-corrected chi connectivity index (χ0v) is 16.6. The van der Waals surface area contributed by atoms with Crippen LogP contribution in [0.1, 0.15) is 66.7 Å². The van der Waals surface area contributed by atoms with Gasteiger partial charge in [-0.3, -0.25) is 4.79 Å². The van der Waals surface area contributed by atoms with Gasteiger partial charge in [-0.2, -0.15) is 0 Å². The Morgan fingerprint density at radius 2 is 1.86 bits per heavy atom. The smallest absolute Gasteiger partial charge is 0.193 e. The van der Waals surface area contributed by atoms with E-state index in [0.717, 1.165) is 12.8 Å². The van der Waals surface area contributed by atoms with Crippen LogP contribution in [-0.4, -0.2) is 31.4 Å². The van der Waals surface area contributed by atoms with Gasteiger partial charge in [-0.1, -0.05) is 52.7 Å². The van der Waals surface area contributed by atoms with Crippen molar-refractivity contribution in [3.05, 3.63) is 12.2 Å². The van der Waals surface area contributed by atoms with Crippen LogP contribution in [0.4, 0.5) is 0 Å². The molecule has 130 valence electrons. The molecule has 0 fully saturated rings. The lowest BCUT2D eigenvalue weighted by Crippen LogP contribution is -2.46. The normalized spacial score (nSPS) is 16.0. The molecule has 0 aromatic rings. The third kappa shape index (κ3) is 8.25. The molecule has 0 bridgehead atoms. The summed E-state index contributed by atoms with van der Waals surface area (Å²) < 4.78 is 6.32. The molecule has 2 atom stereocenters. The molecule has 0 aliphatic heterocycles. The summed E-state index contributed by atoms with van der Waals surface area (Å²) in [6.45, 7) is 14.6. The van der Waals surface area contributed by atoms with Crippen molar-refractivity contribution in [1.29, 1.82) is 0 Å². The van der Waals surface area contributed by atoms with Gasteiger partial charge in [-0.05, 0) is 37.9 Å². The average Bonchev–Trinajstić information content (AvgIpc) is 2.34. The van der Waals surface area contributed by atoms with Gasteiger partial charge in [-0.15, -0.1) is 0 Å². The molecular formula is C18H36O3Si. The minimum atomic E-state index is -1.98. The van der Waals surface area contributed by atoms with Gasteiger partial charge in [0, 0.05) is 6.42 Å². The average molecular weight is 329 g/mol. The molecule has 22 heavy (non-hydrogen) atoms. The molecule has 0 saturated carbocycles. The number of allylic oxidation sites excluding steroid dienone is 1. The number of aliphatic hydroxyl groups is 1. The summed E-state index contributed by atoms with van der Waals surface area (Å²) >= 11 is 0. The molecule has 0 aromatic carbocycles. The van der Waals surface area contributed by atoms with Gasteiger partial charge >= 0.3 is 0 Å². The lowest BCUT2D eigenvalue weighted by atomic mass is 10.1. The Hall–Kier alpha value is -0.453. The number of rotatable bonds is 10. The summed E-state index contributed by atoms with van der Waals surface area (Å²) in [4.78, 5) is 11.3. The zero-order chi connectivity index (χ0) is 17.4. The summed E-state index contributed by atoms with van der Waals surface area (Å²) in [6, 6.07) is 0. The Morgan fingerprint density at radius 3 is 2.32 bits per heavy atom. The summed E-state index contributed by atoms with van der Waals surface area (Å²) in [5, 5.41) is 10.4. The van der Waals surface area contributed by atoms with E-state index in [-0.39, 0.29) is 23.3 Å². The Kier molecular flexibility index (Phi) is 9.44. The van der Waals surface area contributed by atoms with Gasteiger partial charge in [0.15, 0.2) is 8.32 Å². The molecule has 4 heteroatoms. The number of hydrogen-bond donors (Lipinski definition) is 1. The van der Waals surface area contributed by atoms with E-state index in [1.165, 1.54) is 19.8 Å². The molecular weight excluding hydrogens is 292 g/mol. The highest BCUT2D eigenvalue weighted by Gasteiger charge is 2.40. The highest BCUT2D eigenvalue weighted by molar-refractivity contribution is 6.74. The maximum atomic E-state index is 11.3. The maximum Gasteiger partial charge on any atom is 0.193 e. The van der Waals surface area contributed by atoms with Gasteiger partial charge in [0.1, 0.15) is 5.78 Å². The number of carbonyl (C=O) groups is 1. The van der Waals surface area contributed by atoms with Gasteiger partial charge in [0.2, 0.25) is 0 Å². The van der Waals surface area contributed by atoms with Crippen molar-refractivity contribution >= 4 is 14.1 Å². The van der Waals surface area contributed by atoms with Crippen molar-refractivity contribution in [2.75, 3.05) is 0 Å². The second-order valence-corrected chi connectivity index (χ2v) is 12.5. The molecule has 0 radical (unpaired) electrons. The van der Waals surface area contributed by atoms with Crippen LogP contribution >= 0.6 is 0 Å². The molecule has 0 rings (SSSR count). The van der Waals surface area contributed by atoms with Crippen molar-refractivity contribution in [2.45, 2.75) is 97.1 Å². The minimum Gasteiger partial charge on any atom is -0.408 e. The van der Waals surface area contributed by atoms with Crippen molar-refractivity contribution < 1.29 is 14.3 Å². The van der Waals surface area contributed by atoms with Crippen LogP contribution in [0.2, 0.25) is 18.1 Å². The largest absolute Gasteiger partial charge is 0.408 e. The first-order chi connectivity index (χ1) is 10.0. The first-order valence-corrected chi connectivity index (χ1v) is 11.4. The fourth-order valence-corrected chi connectivity index (χ4v) is 3.19. The maximum absolute atomic E-state index is 11.3. The van der Waals surface area contributed by atoms with Crippen molar-refractivity contribution in [1.82, 2.24) is 0 Å². The van der Waals surface area contributed by atoms with E-state index in [2.05, 4.69) is 46.9 Å². The molecule has 3 nitrogen and oxygen atoms in total. The molecule has 0 heterocycles. The predicted octanol–water partition coefficient (Wildman–Crippen LogP) is 4.85. The number of Topliss-reactive ketones (excluding diaryl/α,β-unsaturated/α-hetero) is 1. The van der Waals surface area contributed by atoms with Gasteiger partial charge in [0.05, 0.1) is 12.2 Å². The molecule has 0 aromatic heterocycles. The second-order valence-electron chi connectivity index (χ2n) is 7.74. The standard InChI is InChI=1S/C18H36O3Si/c1-8-9-10-11-12-13-17(16(20)14-15(2)19)21-22(6,7)18(3,4)5/h12-13,16-17,20H,8-11,14H2,1-7H3/b13-12+/t16-,17+/m1/s1. The highest BCUT2D eigenvalue weighted by atomic mass is 28.4. The van der Waals surface area contributed by atoms with Crippen LogP contribution in [-0.2, 0) is 9.22 Å². The molecule has 0 aliphatic carbocycles.